The summed E-state index contributed by atoms with van der Waals surface area (Å²) in [6, 6.07) is 5.96. The van der Waals surface area contributed by atoms with Crippen LogP contribution in [0.3, 0.4) is 0 Å². The number of hydrogen-bond donors (Lipinski definition) is 2. The van der Waals surface area contributed by atoms with Gasteiger partial charge in [0.15, 0.2) is 0 Å². The fraction of sp³-hybridized carbons (Fsp3) is 0.444. The topological polar surface area (TPSA) is 71.2 Å². The molecule has 1 aromatic carbocycles. The Labute approximate surface area is 147 Å². The number of nitrogens with one attached hydrogen (secondary N) is 1. The van der Waals surface area contributed by atoms with Gasteiger partial charge in [0.05, 0.1) is 16.2 Å². The van der Waals surface area contributed by atoms with Crippen molar-refractivity contribution in [3.05, 3.63) is 35.0 Å². The normalized spacial score (nSPS) is 17.1. The fourth-order valence-electron chi connectivity index (χ4n) is 3.42. The Balaban J connectivity index is 1.98. The lowest BCUT2D eigenvalue weighted by Crippen LogP contribution is -2.44. The van der Waals surface area contributed by atoms with Crippen LogP contribution in [0, 0.1) is 0 Å². The first-order chi connectivity index (χ1) is 11.5. The second kappa shape index (κ2) is 6.95. The third-order valence-electron chi connectivity index (χ3n) is 4.55. The van der Waals surface area contributed by atoms with Gasteiger partial charge in [-0.2, -0.15) is 0 Å². The van der Waals surface area contributed by atoms with Crippen molar-refractivity contribution in [3.8, 4) is 0 Å². The van der Waals surface area contributed by atoms with Gasteiger partial charge in [-0.1, -0.05) is 11.6 Å². The number of halogens is 1. The van der Waals surface area contributed by atoms with Crippen LogP contribution in [0.15, 0.2) is 24.4 Å². The first-order valence-corrected chi connectivity index (χ1v) is 8.70. The van der Waals surface area contributed by atoms with Crippen molar-refractivity contribution in [2.45, 2.75) is 38.8 Å². The molecule has 24 heavy (non-hydrogen) atoms. The van der Waals surface area contributed by atoms with Crippen LogP contribution in [0.1, 0.15) is 38.3 Å². The van der Waals surface area contributed by atoms with Crippen molar-refractivity contribution in [2.24, 2.45) is 5.73 Å². The molecule has 0 bridgehead atoms. The number of carbonyl (C=O) groups is 1. The highest BCUT2D eigenvalue weighted by molar-refractivity contribution is 6.36. The lowest BCUT2D eigenvalue weighted by atomic mass is 9.98. The first-order valence-electron chi connectivity index (χ1n) is 8.32. The molecule has 3 N–H and O–H groups in total. The minimum absolute atomic E-state index is 0.0309. The van der Waals surface area contributed by atoms with E-state index in [0.717, 1.165) is 48.1 Å². The van der Waals surface area contributed by atoms with E-state index in [-0.39, 0.29) is 18.0 Å². The van der Waals surface area contributed by atoms with Crippen molar-refractivity contribution in [1.29, 1.82) is 0 Å². The number of rotatable bonds is 3. The third-order valence-corrected chi connectivity index (χ3v) is 4.87. The predicted octanol–water partition coefficient (Wildman–Crippen LogP) is 3.01. The number of benzene rings is 1. The van der Waals surface area contributed by atoms with Crippen molar-refractivity contribution in [2.75, 3.05) is 18.0 Å². The largest absolute Gasteiger partial charge is 0.369 e. The van der Waals surface area contributed by atoms with Gasteiger partial charge < -0.3 is 16.0 Å². The summed E-state index contributed by atoms with van der Waals surface area (Å²) in [5, 5.41) is 4.64. The Kier molecular flexibility index (Phi) is 4.92. The van der Waals surface area contributed by atoms with Crippen LogP contribution < -0.4 is 16.0 Å². The fourth-order valence-corrected chi connectivity index (χ4v) is 3.69. The Morgan fingerprint density at radius 3 is 2.79 bits per heavy atom. The van der Waals surface area contributed by atoms with Crippen LogP contribution in [0.5, 0.6) is 0 Å². The van der Waals surface area contributed by atoms with Crippen molar-refractivity contribution >= 4 is 34.1 Å². The summed E-state index contributed by atoms with van der Waals surface area (Å²) >= 11 is 6.44. The molecule has 1 aliphatic heterocycles. The molecule has 0 spiro atoms. The third kappa shape index (κ3) is 3.32. The van der Waals surface area contributed by atoms with Crippen LogP contribution in [0.2, 0.25) is 5.02 Å². The molecule has 0 aliphatic carbocycles. The maximum absolute atomic E-state index is 11.3. The predicted molar refractivity (Wildman–Crippen MR) is 98.4 cm³/mol. The van der Waals surface area contributed by atoms with Gasteiger partial charge in [-0.3, -0.25) is 9.78 Å². The lowest BCUT2D eigenvalue weighted by Gasteiger charge is -2.36. The summed E-state index contributed by atoms with van der Waals surface area (Å²) in [4.78, 5) is 18.2. The van der Waals surface area contributed by atoms with Crippen LogP contribution >= 0.6 is 11.6 Å². The highest BCUT2D eigenvalue weighted by Gasteiger charge is 2.25. The maximum Gasteiger partial charge on any atom is 0.217 e. The number of pyridine rings is 1. The molecule has 3 rings (SSSR count). The van der Waals surface area contributed by atoms with E-state index >= 15 is 0 Å². The summed E-state index contributed by atoms with van der Waals surface area (Å²) in [6.07, 6.45) is 3.61. The molecule has 1 fully saturated rings. The molecule has 128 valence electrons. The summed E-state index contributed by atoms with van der Waals surface area (Å²) in [5.74, 6) is 0.0309. The van der Waals surface area contributed by atoms with Gasteiger partial charge in [-0.15, -0.1) is 0 Å². The number of amides is 1. The maximum atomic E-state index is 11.3. The van der Waals surface area contributed by atoms with Gasteiger partial charge in [-0.05, 0) is 43.5 Å². The van der Waals surface area contributed by atoms with E-state index < -0.39 is 0 Å². The molecule has 1 unspecified atom stereocenters. The van der Waals surface area contributed by atoms with Gasteiger partial charge in [0.25, 0.3) is 0 Å². The second-order valence-electron chi connectivity index (χ2n) is 6.45. The summed E-state index contributed by atoms with van der Waals surface area (Å²) in [7, 11) is 0. The lowest BCUT2D eigenvalue weighted by molar-refractivity contribution is -0.119. The Morgan fingerprint density at radius 1 is 1.46 bits per heavy atom. The number of anilines is 1. The minimum Gasteiger partial charge on any atom is -0.369 e. The van der Waals surface area contributed by atoms with E-state index in [2.05, 4.69) is 15.2 Å². The van der Waals surface area contributed by atoms with E-state index in [4.69, 9.17) is 17.3 Å². The highest BCUT2D eigenvalue weighted by atomic mass is 35.5. The number of carbonyl (C=O) groups excluding carboxylic acids is 1. The average molecular weight is 347 g/mol. The molecule has 2 aromatic rings. The number of nitrogens with zero attached hydrogens (tertiary/aromatic N) is 2. The zero-order valence-corrected chi connectivity index (χ0v) is 14.8. The zero-order valence-electron chi connectivity index (χ0n) is 14.1. The molecule has 6 heteroatoms. The SMILES string of the molecule is CC(=O)NC1CCN(c2c(C(C)N)cc(Cl)c3cccnc23)CC1. The first kappa shape index (κ1) is 17.0. The molecule has 0 radical (unpaired) electrons. The molecule has 1 atom stereocenters. The van der Waals surface area contributed by atoms with Crippen LogP contribution in [-0.4, -0.2) is 30.0 Å². The Morgan fingerprint density at radius 2 is 2.17 bits per heavy atom. The number of piperidine rings is 1. The monoisotopic (exact) mass is 346 g/mol. The van der Waals surface area contributed by atoms with Gasteiger partial charge in [0.1, 0.15) is 0 Å². The van der Waals surface area contributed by atoms with Crippen LogP contribution in [-0.2, 0) is 4.79 Å². The van der Waals surface area contributed by atoms with Crippen molar-refractivity contribution < 1.29 is 4.79 Å². The Hall–Kier alpha value is -1.85. The van der Waals surface area contributed by atoms with E-state index in [1.807, 2.05) is 25.1 Å². The molecule has 2 heterocycles. The molecular formula is C18H23ClN4O. The number of hydrogen-bond acceptors (Lipinski definition) is 4. The second-order valence-corrected chi connectivity index (χ2v) is 6.85. The van der Waals surface area contributed by atoms with Gasteiger partial charge in [-0.25, -0.2) is 0 Å². The van der Waals surface area contributed by atoms with Crippen molar-refractivity contribution in [3.63, 3.8) is 0 Å². The standard InChI is InChI=1S/C18H23ClN4O/c1-11(20)15-10-16(19)14-4-3-7-21-17(14)18(15)23-8-5-13(6-9-23)22-12(2)24/h3-4,7,10-11,13H,5-6,8-9,20H2,1-2H3,(H,22,24). The summed E-state index contributed by atoms with van der Waals surface area (Å²) < 4.78 is 0. The Bertz CT molecular complexity index is 754. The number of fused-ring (bicyclic) bond motifs is 1. The molecule has 0 saturated carbocycles. The molecule has 1 aliphatic rings. The number of aromatic nitrogens is 1. The van der Waals surface area contributed by atoms with Gasteiger partial charge in [0.2, 0.25) is 5.91 Å². The van der Waals surface area contributed by atoms with Gasteiger partial charge in [0, 0.05) is 43.7 Å². The van der Waals surface area contributed by atoms with E-state index in [0.29, 0.717) is 5.02 Å². The molecular weight excluding hydrogens is 324 g/mol. The van der Waals surface area contributed by atoms with Gasteiger partial charge >= 0.3 is 0 Å². The molecule has 1 saturated heterocycles. The zero-order chi connectivity index (χ0) is 17.3. The quantitative estimate of drug-likeness (QED) is 0.896. The highest BCUT2D eigenvalue weighted by Crippen LogP contribution is 2.38. The van der Waals surface area contributed by atoms with E-state index in [1.54, 1.807) is 13.1 Å². The van der Waals surface area contributed by atoms with E-state index in [9.17, 15) is 4.79 Å². The summed E-state index contributed by atoms with van der Waals surface area (Å²) in [5.41, 5.74) is 9.20. The average Bonchev–Trinajstić information content (AvgIpc) is 2.55. The smallest absolute Gasteiger partial charge is 0.217 e. The molecule has 1 aromatic heterocycles. The van der Waals surface area contributed by atoms with Crippen LogP contribution in [0.25, 0.3) is 10.9 Å². The van der Waals surface area contributed by atoms with E-state index in [1.165, 1.54) is 0 Å². The van der Waals surface area contributed by atoms with Crippen LogP contribution in [0.4, 0.5) is 5.69 Å². The summed E-state index contributed by atoms with van der Waals surface area (Å²) in [6.45, 7) is 5.25. The molecule has 5 nitrogen and oxygen atoms in total. The molecule has 1 amide bonds. The minimum atomic E-state index is -0.128. The van der Waals surface area contributed by atoms with Crippen molar-refractivity contribution in [1.82, 2.24) is 10.3 Å². The number of nitrogens with two attached hydrogens (primary N) is 1.